The molecule has 2 N–H and O–H groups in total. The minimum Gasteiger partial charge on any atom is -0.394 e. The van der Waals surface area contributed by atoms with Crippen LogP contribution in [0.25, 0.3) is 11.1 Å². The third-order valence-electron chi connectivity index (χ3n) is 7.59. The fraction of sp³-hybridized carbons (Fsp3) is 0.414. The Morgan fingerprint density at radius 1 is 1.26 bits per heavy atom. The van der Waals surface area contributed by atoms with Crippen LogP contribution in [0.3, 0.4) is 0 Å². The van der Waals surface area contributed by atoms with E-state index in [9.17, 15) is 24.3 Å². The summed E-state index contributed by atoms with van der Waals surface area (Å²) < 4.78 is 16.1. The van der Waals surface area contributed by atoms with Gasteiger partial charge in [-0.05, 0) is 75.3 Å². The molecule has 1 aliphatic heterocycles. The molecule has 2 amide bonds. The number of halogens is 1. The van der Waals surface area contributed by atoms with Crippen LogP contribution in [-0.4, -0.2) is 44.8 Å². The van der Waals surface area contributed by atoms with Crippen molar-refractivity contribution in [2.45, 2.75) is 52.0 Å². The molecule has 10 heteroatoms. The highest BCUT2D eigenvalue weighted by Gasteiger charge is 2.56. The summed E-state index contributed by atoms with van der Waals surface area (Å²) in [7, 11) is 0. The Morgan fingerprint density at radius 2 is 2.03 bits per heavy atom. The van der Waals surface area contributed by atoms with E-state index in [4.69, 9.17) is 0 Å². The van der Waals surface area contributed by atoms with Gasteiger partial charge < -0.3 is 15.3 Å². The number of aliphatic hydroxyl groups excluding tert-OH is 1. The molecule has 3 heterocycles. The van der Waals surface area contributed by atoms with Gasteiger partial charge in [-0.1, -0.05) is 6.07 Å². The Morgan fingerprint density at radius 3 is 2.72 bits per heavy atom. The van der Waals surface area contributed by atoms with Crippen LogP contribution in [0.4, 0.5) is 15.9 Å². The van der Waals surface area contributed by atoms with Gasteiger partial charge in [-0.25, -0.2) is 9.37 Å². The van der Waals surface area contributed by atoms with E-state index in [0.29, 0.717) is 41.0 Å². The molecule has 39 heavy (non-hydrogen) atoms. The third kappa shape index (κ3) is 5.14. The van der Waals surface area contributed by atoms with Crippen molar-refractivity contribution < 1.29 is 19.1 Å². The van der Waals surface area contributed by atoms with Crippen LogP contribution in [-0.2, 0) is 21.5 Å². The number of amides is 2. The summed E-state index contributed by atoms with van der Waals surface area (Å²) in [5.41, 5.74) is 1.35. The lowest BCUT2D eigenvalue weighted by Gasteiger charge is -2.22. The van der Waals surface area contributed by atoms with E-state index in [0.717, 1.165) is 12.8 Å². The number of nitrogens with zero attached hydrogens (tertiary/aromatic N) is 5. The van der Waals surface area contributed by atoms with Crippen molar-refractivity contribution in [3.05, 3.63) is 59.8 Å². The van der Waals surface area contributed by atoms with Crippen LogP contribution in [0.5, 0.6) is 0 Å². The van der Waals surface area contributed by atoms with Gasteiger partial charge >= 0.3 is 0 Å². The van der Waals surface area contributed by atoms with Crippen LogP contribution in [0.2, 0.25) is 0 Å². The van der Waals surface area contributed by atoms with Crippen LogP contribution in [0, 0.1) is 35.4 Å². The number of rotatable bonds is 8. The molecule has 2 aliphatic rings. The Kier molecular flexibility index (Phi) is 6.72. The molecule has 1 aromatic carbocycles. The lowest BCUT2D eigenvalue weighted by molar-refractivity contribution is -0.123. The van der Waals surface area contributed by atoms with Crippen molar-refractivity contribution in [3.8, 4) is 17.2 Å². The molecule has 0 radical (unpaired) electrons. The molecule has 0 unspecified atom stereocenters. The first kappa shape index (κ1) is 26.5. The summed E-state index contributed by atoms with van der Waals surface area (Å²) in [4.78, 5) is 32.2. The van der Waals surface area contributed by atoms with Gasteiger partial charge in [0.2, 0.25) is 11.8 Å². The van der Waals surface area contributed by atoms with Gasteiger partial charge in [0.1, 0.15) is 17.1 Å². The summed E-state index contributed by atoms with van der Waals surface area (Å²) >= 11 is 0. The maximum Gasteiger partial charge on any atom is 0.247 e. The lowest BCUT2D eigenvalue weighted by Crippen LogP contribution is -2.35. The van der Waals surface area contributed by atoms with Gasteiger partial charge in [-0.15, -0.1) is 0 Å². The van der Waals surface area contributed by atoms with Gasteiger partial charge in [-0.2, -0.15) is 10.4 Å². The highest BCUT2D eigenvalue weighted by Crippen LogP contribution is 2.52. The number of benzene rings is 1. The largest absolute Gasteiger partial charge is 0.394 e. The molecule has 1 saturated carbocycles. The summed E-state index contributed by atoms with van der Waals surface area (Å²) in [6.07, 6.45) is 5.53. The molecular formula is C29H31FN6O3. The number of pyridine rings is 1. The van der Waals surface area contributed by atoms with Crippen LogP contribution in [0.1, 0.15) is 44.4 Å². The van der Waals surface area contributed by atoms with E-state index in [2.05, 4.69) is 21.5 Å². The molecule has 1 atom stereocenters. The zero-order chi connectivity index (χ0) is 27.9. The molecule has 5 rings (SSSR count). The average Bonchev–Trinajstić information content (AvgIpc) is 3.50. The monoisotopic (exact) mass is 530 g/mol. The summed E-state index contributed by atoms with van der Waals surface area (Å²) in [5.74, 6) is -0.649. The number of hydrogen-bond donors (Lipinski definition) is 2. The molecule has 0 bridgehead atoms. The Labute approximate surface area is 226 Å². The molecular weight excluding hydrogens is 499 g/mol. The molecule has 3 aromatic rings. The summed E-state index contributed by atoms with van der Waals surface area (Å²) in [6.45, 7) is 5.78. The second-order valence-electron chi connectivity index (χ2n) is 11.1. The molecule has 1 saturated heterocycles. The van der Waals surface area contributed by atoms with Crippen LogP contribution < -0.4 is 10.2 Å². The molecule has 202 valence electrons. The van der Waals surface area contributed by atoms with Gasteiger partial charge in [-0.3, -0.25) is 14.3 Å². The zero-order valence-electron chi connectivity index (χ0n) is 22.2. The lowest BCUT2D eigenvalue weighted by atomic mass is 9.83. The maximum atomic E-state index is 14.5. The van der Waals surface area contributed by atoms with Crippen molar-refractivity contribution in [2.24, 2.45) is 11.3 Å². The predicted molar refractivity (Wildman–Crippen MR) is 143 cm³/mol. The third-order valence-corrected chi connectivity index (χ3v) is 7.59. The number of nitrogens with one attached hydrogen (secondary N) is 1. The van der Waals surface area contributed by atoms with Gasteiger partial charge in [0.15, 0.2) is 0 Å². The van der Waals surface area contributed by atoms with E-state index < -0.39 is 16.8 Å². The van der Waals surface area contributed by atoms with E-state index in [-0.39, 0.29) is 36.6 Å². The SMILES string of the molecule is Cc1cc(N2CC[C@@](C#N)(C3CC3)C2=O)cc(NC(=O)Cc2cc(F)cc(-c3cnn(C(C)(C)CO)c3)c2)n1. The molecule has 2 aromatic heterocycles. The summed E-state index contributed by atoms with van der Waals surface area (Å²) in [5, 5.41) is 26.4. The fourth-order valence-electron chi connectivity index (χ4n) is 5.17. The van der Waals surface area contributed by atoms with Crippen molar-refractivity contribution in [3.63, 3.8) is 0 Å². The van der Waals surface area contributed by atoms with Crippen molar-refractivity contribution in [2.75, 3.05) is 23.4 Å². The number of carbonyl (C=O) groups is 2. The number of aromatic nitrogens is 3. The first-order valence-electron chi connectivity index (χ1n) is 13.0. The standard InChI is InChI=1S/C29H31FN6O3/c1-18-8-24(35-7-6-29(16-31,27(35)39)22-4-5-22)13-25(33-18)34-26(38)11-19-9-20(12-23(30)10-19)21-14-32-36(15-21)28(2,3)17-37/h8-10,12-15,22,37H,4-7,11,17H2,1-3H3,(H,33,34,38)/t29-/m1/s1. The zero-order valence-corrected chi connectivity index (χ0v) is 22.2. The predicted octanol–water partition coefficient (Wildman–Crippen LogP) is 3.96. The number of carbonyl (C=O) groups excluding carboxylic acids is 2. The van der Waals surface area contributed by atoms with Crippen molar-refractivity contribution in [1.82, 2.24) is 14.8 Å². The number of aliphatic hydroxyl groups is 1. The van der Waals surface area contributed by atoms with Crippen LogP contribution >= 0.6 is 0 Å². The second kappa shape index (κ2) is 9.89. The molecule has 1 aliphatic carbocycles. The van der Waals surface area contributed by atoms with Gasteiger partial charge in [0.05, 0.1) is 30.8 Å². The highest BCUT2D eigenvalue weighted by molar-refractivity contribution is 6.02. The molecule has 0 spiro atoms. The Bertz CT molecular complexity index is 1490. The maximum absolute atomic E-state index is 14.5. The van der Waals surface area contributed by atoms with Crippen molar-refractivity contribution in [1.29, 1.82) is 5.26 Å². The summed E-state index contributed by atoms with van der Waals surface area (Å²) in [6, 6.07) is 10.1. The average molecular weight is 531 g/mol. The van der Waals surface area contributed by atoms with Gasteiger partial charge in [0, 0.05) is 35.8 Å². The molecule has 9 nitrogen and oxygen atoms in total. The first-order chi connectivity index (χ1) is 18.5. The van der Waals surface area contributed by atoms with E-state index in [1.807, 2.05) is 13.8 Å². The minimum absolute atomic E-state index is 0.0894. The fourth-order valence-corrected chi connectivity index (χ4v) is 5.17. The number of anilines is 2. The van der Waals surface area contributed by atoms with E-state index >= 15 is 0 Å². The minimum atomic E-state index is -0.958. The quantitative estimate of drug-likeness (QED) is 0.454. The van der Waals surface area contributed by atoms with E-state index in [1.54, 1.807) is 47.1 Å². The number of aryl methyl sites for hydroxylation is 1. The van der Waals surface area contributed by atoms with E-state index in [1.165, 1.54) is 12.1 Å². The van der Waals surface area contributed by atoms with Gasteiger partial charge in [0.25, 0.3) is 0 Å². The number of nitriles is 1. The smallest absolute Gasteiger partial charge is 0.247 e. The topological polar surface area (TPSA) is 124 Å². The first-order valence-corrected chi connectivity index (χ1v) is 13.0. The highest BCUT2D eigenvalue weighted by atomic mass is 19.1. The normalized spacial score (nSPS) is 19.3. The van der Waals surface area contributed by atoms with Crippen LogP contribution in [0.15, 0.2) is 42.7 Å². The van der Waals surface area contributed by atoms with Crippen molar-refractivity contribution >= 4 is 23.3 Å². The molecule has 2 fully saturated rings. The Balaban J connectivity index is 1.31. The Hall–Kier alpha value is -4.10. The second-order valence-corrected chi connectivity index (χ2v) is 11.1. The number of hydrogen-bond acceptors (Lipinski definition) is 6.